The van der Waals surface area contributed by atoms with Crippen molar-refractivity contribution in [2.45, 2.75) is 50.9 Å². The van der Waals surface area contributed by atoms with Gasteiger partial charge in [-0.25, -0.2) is 4.79 Å². The first kappa shape index (κ1) is 29.1. The molecule has 2 aromatic carbocycles. The molecular weight excluding hydrogens is 577 g/mol. The minimum Gasteiger partial charge on any atom is -0.489 e. The van der Waals surface area contributed by atoms with Crippen LogP contribution in [0.3, 0.4) is 0 Å². The Kier molecular flexibility index (Phi) is 9.25. The van der Waals surface area contributed by atoms with E-state index in [-0.39, 0.29) is 33.9 Å². The molecule has 41 heavy (non-hydrogen) atoms. The Balaban J connectivity index is 1.44. The average molecular weight is 605 g/mol. The van der Waals surface area contributed by atoms with Crippen molar-refractivity contribution in [2.24, 2.45) is 5.92 Å². The zero-order valence-corrected chi connectivity index (χ0v) is 23.5. The lowest BCUT2D eigenvalue weighted by molar-refractivity contribution is -0.154. The van der Waals surface area contributed by atoms with Gasteiger partial charge in [-0.15, -0.1) is 0 Å². The molecule has 1 saturated heterocycles. The van der Waals surface area contributed by atoms with Crippen molar-refractivity contribution in [3.8, 4) is 11.5 Å². The standard InChI is InChI=1S/C30H28Cl2F2N2O5/c31-22-15-35-16-23(32)21(22)14-26(20-10-11-25(41-30(33)34)27(13-20)39-17-18-8-9-18)40-29(38)24-7-4-12-36(24)28(37)19-5-2-1-3-6-19/h1-3,5-6,10-11,13,15-16,18,24,26,30H,4,7-9,12,14,17H2/t24-,26+/m1/s1. The fraction of sp³-hybridized carbons (Fsp3) is 0.367. The summed E-state index contributed by atoms with van der Waals surface area (Å²) in [5.41, 5.74) is 1.44. The number of halogens is 4. The van der Waals surface area contributed by atoms with Gasteiger partial charge in [0.15, 0.2) is 11.5 Å². The summed E-state index contributed by atoms with van der Waals surface area (Å²) in [7, 11) is 0. The van der Waals surface area contributed by atoms with Gasteiger partial charge in [0.2, 0.25) is 0 Å². The van der Waals surface area contributed by atoms with Gasteiger partial charge in [0, 0.05) is 30.9 Å². The van der Waals surface area contributed by atoms with E-state index in [4.69, 9.17) is 32.7 Å². The van der Waals surface area contributed by atoms with Crippen molar-refractivity contribution in [1.29, 1.82) is 0 Å². The molecule has 2 aliphatic rings. The number of benzene rings is 2. The number of likely N-dealkylation sites (tertiary alicyclic amines) is 1. The van der Waals surface area contributed by atoms with Gasteiger partial charge in [-0.2, -0.15) is 8.78 Å². The van der Waals surface area contributed by atoms with Crippen LogP contribution in [-0.2, 0) is 16.0 Å². The Morgan fingerprint density at radius 3 is 2.41 bits per heavy atom. The minimum absolute atomic E-state index is 0.0718. The van der Waals surface area contributed by atoms with E-state index < -0.39 is 24.7 Å². The first-order valence-electron chi connectivity index (χ1n) is 13.4. The molecule has 2 fully saturated rings. The second-order valence-electron chi connectivity index (χ2n) is 10.1. The number of amides is 1. The lowest BCUT2D eigenvalue weighted by Crippen LogP contribution is -2.41. The van der Waals surface area contributed by atoms with E-state index in [2.05, 4.69) is 9.72 Å². The molecule has 5 rings (SSSR count). The number of pyridine rings is 1. The number of carbonyl (C=O) groups excluding carboxylic acids is 2. The number of esters is 1. The number of aromatic nitrogens is 1. The van der Waals surface area contributed by atoms with Crippen LogP contribution in [0.1, 0.15) is 53.3 Å². The van der Waals surface area contributed by atoms with Crippen LogP contribution in [-0.4, -0.2) is 47.6 Å². The van der Waals surface area contributed by atoms with E-state index in [1.54, 1.807) is 24.3 Å². The fourth-order valence-corrected chi connectivity index (χ4v) is 5.31. The third-order valence-electron chi connectivity index (χ3n) is 7.13. The van der Waals surface area contributed by atoms with Gasteiger partial charge in [0.25, 0.3) is 5.91 Å². The molecular formula is C30H28Cl2F2N2O5. The van der Waals surface area contributed by atoms with Crippen LogP contribution >= 0.6 is 23.2 Å². The maximum atomic E-state index is 13.6. The Morgan fingerprint density at radius 1 is 1.00 bits per heavy atom. The third-order valence-corrected chi connectivity index (χ3v) is 7.79. The van der Waals surface area contributed by atoms with Gasteiger partial charge in [0.1, 0.15) is 12.1 Å². The number of ether oxygens (including phenoxy) is 3. The molecule has 0 N–H and O–H groups in total. The summed E-state index contributed by atoms with van der Waals surface area (Å²) >= 11 is 12.8. The van der Waals surface area contributed by atoms with Crippen molar-refractivity contribution < 1.29 is 32.6 Å². The van der Waals surface area contributed by atoms with Crippen LogP contribution in [0, 0.1) is 5.92 Å². The molecule has 11 heteroatoms. The van der Waals surface area contributed by atoms with Gasteiger partial charge in [-0.3, -0.25) is 9.78 Å². The van der Waals surface area contributed by atoms with Gasteiger partial charge in [0.05, 0.1) is 16.7 Å². The molecule has 216 valence electrons. The van der Waals surface area contributed by atoms with E-state index >= 15 is 0 Å². The Bertz CT molecular complexity index is 1370. The highest BCUT2D eigenvalue weighted by Crippen LogP contribution is 2.38. The zero-order valence-electron chi connectivity index (χ0n) is 22.0. The summed E-state index contributed by atoms with van der Waals surface area (Å²) < 4.78 is 42.8. The molecule has 1 aromatic heterocycles. The molecule has 1 amide bonds. The summed E-state index contributed by atoms with van der Waals surface area (Å²) in [6.45, 7) is -2.27. The normalized spacial score (nSPS) is 17.4. The predicted molar refractivity (Wildman–Crippen MR) is 149 cm³/mol. The quantitative estimate of drug-likeness (QED) is 0.221. The molecule has 2 heterocycles. The van der Waals surface area contributed by atoms with Crippen LogP contribution in [0.5, 0.6) is 11.5 Å². The second kappa shape index (κ2) is 13.0. The van der Waals surface area contributed by atoms with Crippen LogP contribution in [0.15, 0.2) is 60.9 Å². The summed E-state index contributed by atoms with van der Waals surface area (Å²) in [5, 5.41) is 0.561. The molecule has 2 atom stereocenters. The largest absolute Gasteiger partial charge is 0.489 e. The van der Waals surface area contributed by atoms with E-state index in [1.165, 1.54) is 35.5 Å². The fourth-order valence-electron chi connectivity index (χ4n) is 4.79. The molecule has 3 aromatic rings. The first-order chi connectivity index (χ1) is 19.8. The number of rotatable bonds is 11. The lowest BCUT2D eigenvalue weighted by Gasteiger charge is -2.27. The van der Waals surface area contributed by atoms with Gasteiger partial charge >= 0.3 is 12.6 Å². The van der Waals surface area contributed by atoms with E-state index in [0.29, 0.717) is 48.6 Å². The highest BCUT2D eigenvalue weighted by atomic mass is 35.5. The molecule has 1 saturated carbocycles. The van der Waals surface area contributed by atoms with Gasteiger partial charge in [-0.05, 0) is 67.0 Å². The van der Waals surface area contributed by atoms with Gasteiger partial charge in [-0.1, -0.05) is 47.5 Å². The molecule has 0 radical (unpaired) electrons. The summed E-state index contributed by atoms with van der Waals surface area (Å²) in [4.78, 5) is 32.3. The van der Waals surface area contributed by atoms with Crippen LogP contribution < -0.4 is 9.47 Å². The second-order valence-corrected chi connectivity index (χ2v) is 10.9. The van der Waals surface area contributed by atoms with Crippen LogP contribution in [0.2, 0.25) is 10.0 Å². The van der Waals surface area contributed by atoms with Crippen molar-refractivity contribution in [3.05, 3.63) is 87.7 Å². The highest BCUT2D eigenvalue weighted by Gasteiger charge is 2.37. The number of hydrogen-bond acceptors (Lipinski definition) is 6. The number of nitrogens with zero attached hydrogens (tertiary/aromatic N) is 2. The number of alkyl halides is 2. The first-order valence-corrected chi connectivity index (χ1v) is 14.1. The van der Waals surface area contributed by atoms with Crippen molar-refractivity contribution in [3.63, 3.8) is 0 Å². The molecule has 7 nitrogen and oxygen atoms in total. The maximum absolute atomic E-state index is 13.6. The number of hydrogen-bond donors (Lipinski definition) is 0. The number of carbonyl (C=O) groups is 2. The SMILES string of the molecule is O=C(O[C@@H](Cc1c(Cl)cncc1Cl)c1ccc(OC(F)F)c(OCC2CC2)c1)[C@H]1CCCN1C(=O)c1ccccc1. The van der Waals surface area contributed by atoms with Crippen molar-refractivity contribution >= 4 is 35.1 Å². The Morgan fingerprint density at radius 2 is 1.73 bits per heavy atom. The summed E-state index contributed by atoms with van der Waals surface area (Å²) in [6, 6.07) is 12.4. The monoisotopic (exact) mass is 604 g/mol. The molecule has 1 aliphatic heterocycles. The third kappa shape index (κ3) is 7.26. The molecule has 0 unspecified atom stereocenters. The topological polar surface area (TPSA) is 78.0 Å². The van der Waals surface area contributed by atoms with Crippen molar-refractivity contribution in [1.82, 2.24) is 9.88 Å². The van der Waals surface area contributed by atoms with Crippen molar-refractivity contribution in [2.75, 3.05) is 13.2 Å². The minimum atomic E-state index is -3.04. The van der Waals surface area contributed by atoms with E-state index in [9.17, 15) is 18.4 Å². The Labute approximate surface area is 246 Å². The van der Waals surface area contributed by atoms with Gasteiger partial charge < -0.3 is 19.1 Å². The smallest absolute Gasteiger partial charge is 0.387 e. The maximum Gasteiger partial charge on any atom is 0.387 e. The van der Waals surface area contributed by atoms with Crippen LogP contribution in [0.4, 0.5) is 8.78 Å². The summed E-state index contributed by atoms with van der Waals surface area (Å²) in [6.07, 6.45) is 5.10. The predicted octanol–water partition coefficient (Wildman–Crippen LogP) is 6.91. The highest BCUT2D eigenvalue weighted by molar-refractivity contribution is 6.35. The molecule has 1 aliphatic carbocycles. The van der Waals surface area contributed by atoms with E-state index in [0.717, 1.165) is 12.8 Å². The Hall–Kier alpha value is -3.43. The summed E-state index contributed by atoms with van der Waals surface area (Å²) in [5.74, 6) is -0.497. The zero-order chi connectivity index (χ0) is 28.9. The average Bonchev–Trinajstić information content (AvgIpc) is 3.66. The molecule has 0 spiro atoms. The molecule has 0 bridgehead atoms. The van der Waals surface area contributed by atoms with E-state index in [1.807, 2.05) is 6.07 Å². The lowest BCUT2D eigenvalue weighted by atomic mass is 10.0. The van der Waals surface area contributed by atoms with Crippen LogP contribution in [0.25, 0.3) is 0 Å².